The van der Waals surface area contributed by atoms with Crippen molar-refractivity contribution in [3.8, 4) is 0 Å². The predicted molar refractivity (Wildman–Crippen MR) is 466 cm³/mol. The highest BCUT2D eigenvalue weighted by Gasteiger charge is 2.25. The number of imidazole rings is 2. The maximum Gasteiger partial charge on any atom is 0.200 e. The van der Waals surface area contributed by atoms with E-state index in [9.17, 15) is 8.42 Å². The summed E-state index contributed by atoms with van der Waals surface area (Å²) in [5.41, 5.74) is 22.9. The number of pyridine rings is 2. The molecule has 2 aliphatic heterocycles. The summed E-state index contributed by atoms with van der Waals surface area (Å²) in [4.78, 5) is 37.4. The number of sulfone groups is 1. The number of para-hydroxylation sites is 3. The van der Waals surface area contributed by atoms with Gasteiger partial charge < -0.3 is 9.97 Å². The lowest BCUT2D eigenvalue weighted by Gasteiger charge is -2.19. The first-order valence-electron chi connectivity index (χ1n) is 38.0. The molecule has 574 valence electrons. The minimum atomic E-state index is -3.17. The first kappa shape index (κ1) is 84.1. The highest BCUT2D eigenvalue weighted by Crippen LogP contribution is 2.36. The Balaban J connectivity index is 0.000000145. The molecule has 0 unspecified atom stereocenters. The summed E-state index contributed by atoms with van der Waals surface area (Å²) in [6.45, 7) is 55.4. The van der Waals surface area contributed by atoms with Gasteiger partial charge in [-0.25, -0.2) is 23.4 Å². The summed E-state index contributed by atoms with van der Waals surface area (Å²) >= 11 is 1.76. The van der Waals surface area contributed by atoms with E-state index in [0.29, 0.717) is 4.90 Å². The van der Waals surface area contributed by atoms with Crippen LogP contribution in [0.1, 0.15) is 227 Å². The average molecular weight is 1510 g/mol. The highest BCUT2D eigenvalue weighted by molar-refractivity contribution is 7.94. The van der Waals surface area contributed by atoms with Crippen LogP contribution in [0, 0.1) is 6.92 Å². The number of nitrogens with zero attached hydrogens (tertiary/aromatic N) is 9. The number of benzene rings is 8. The molecule has 13 nitrogen and oxygen atoms in total. The number of hydrogen-bond donors (Lipinski definition) is 2. The quantitative estimate of drug-likeness (QED) is 0.149. The van der Waals surface area contributed by atoms with E-state index in [4.69, 9.17) is 0 Å². The van der Waals surface area contributed by atoms with E-state index in [-0.39, 0.29) is 43.3 Å². The third-order valence-corrected chi connectivity index (χ3v) is 21.4. The first-order valence-corrected chi connectivity index (χ1v) is 40.3. The van der Waals surface area contributed by atoms with Crippen molar-refractivity contribution in [3.63, 3.8) is 0 Å². The van der Waals surface area contributed by atoms with E-state index >= 15 is 0 Å². The molecule has 2 aliphatic rings. The molecule has 0 amide bonds. The van der Waals surface area contributed by atoms with Gasteiger partial charge in [0.15, 0.2) is 9.84 Å². The zero-order chi connectivity index (χ0) is 80.6. The summed E-state index contributed by atoms with van der Waals surface area (Å²) in [7, 11) is -3.17. The molecule has 8 aromatic carbocycles. The van der Waals surface area contributed by atoms with E-state index in [1.165, 1.54) is 59.8 Å². The number of hydrogen-bond acceptors (Lipinski definition) is 12. The number of nitrogens with one attached hydrogen (secondary N) is 2. The van der Waals surface area contributed by atoms with E-state index in [0.717, 1.165) is 83.8 Å². The molecular formula is C95H115N11O2S2. The fourth-order valence-electron chi connectivity index (χ4n) is 11.7. The smallest absolute Gasteiger partial charge is 0.200 e. The largest absolute Gasteiger partial charge is 0.345 e. The van der Waals surface area contributed by atoms with Crippen molar-refractivity contribution in [2.45, 2.75) is 228 Å². The third-order valence-electron chi connectivity index (χ3n) is 19.0. The van der Waals surface area contributed by atoms with Gasteiger partial charge in [-0.2, -0.15) is 10.2 Å². The van der Waals surface area contributed by atoms with Gasteiger partial charge >= 0.3 is 0 Å². The molecule has 8 heterocycles. The first-order chi connectivity index (χ1) is 51.2. The van der Waals surface area contributed by atoms with Gasteiger partial charge in [-0.3, -0.25) is 19.9 Å². The molecule has 14 aromatic rings. The Labute approximate surface area is 658 Å². The minimum Gasteiger partial charge on any atom is -0.345 e. The second kappa shape index (κ2) is 33.7. The van der Waals surface area contributed by atoms with Crippen LogP contribution in [0.15, 0.2) is 228 Å². The molecule has 2 N–H and O–H groups in total. The van der Waals surface area contributed by atoms with Crippen molar-refractivity contribution in [1.82, 2.24) is 44.9 Å². The number of thiazole rings is 1. The molecular weight excluding hydrogens is 1390 g/mol. The molecule has 6 aromatic heterocycles. The molecule has 15 heteroatoms. The van der Waals surface area contributed by atoms with Gasteiger partial charge in [0.2, 0.25) is 0 Å². The maximum atomic E-state index is 11.6. The second-order valence-electron chi connectivity index (χ2n) is 36.6. The van der Waals surface area contributed by atoms with Crippen molar-refractivity contribution >= 4 is 98.1 Å². The van der Waals surface area contributed by atoms with E-state index in [1.807, 2.05) is 67.0 Å². The Hall–Kier alpha value is -9.96. The van der Waals surface area contributed by atoms with Gasteiger partial charge in [0.05, 0.1) is 82.8 Å². The van der Waals surface area contributed by atoms with Gasteiger partial charge in [-0.1, -0.05) is 251 Å². The lowest BCUT2D eigenvalue weighted by atomic mass is 9.86. The van der Waals surface area contributed by atoms with Gasteiger partial charge in [0.1, 0.15) is 5.82 Å². The van der Waals surface area contributed by atoms with Crippen LogP contribution in [0.2, 0.25) is 0 Å². The maximum absolute atomic E-state index is 11.6. The topological polar surface area (TPSA) is 181 Å². The van der Waals surface area contributed by atoms with Crippen LogP contribution in [-0.4, -0.2) is 53.3 Å². The number of fused-ring (bicyclic) bond motifs is 8. The Kier molecular flexibility index (Phi) is 25.8. The SMILES string of the molecule is CC(C)(C)c1ccc2c(c1)N=NC2.CC(C)(C)c1ccc2c(c1)S(=O)(=O)C=C2.CC(C)(C)c1ccc2nc[nH]c2c1.CC(C)(C)c1ccc2ncccc2c1.CC(C)(C)c1ccc2nccnc2c1.CC(C)(C)c1cnc2ccccc2c1.CC(C)(C)c1nc2ccccc2[nH]1.Cc1nc2cc(C(C)(C)C)ccc2s1. The Morgan fingerprint density at radius 2 is 0.864 bits per heavy atom. The van der Waals surface area contributed by atoms with E-state index in [2.05, 4.69) is 343 Å². The molecule has 0 bridgehead atoms. The van der Waals surface area contributed by atoms with Crippen LogP contribution in [0.4, 0.5) is 5.69 Å². The number of aryl methyl sites for hydroxylation is 1. The van der Waals surface area contributed by atoms with Crippen LogP contribution in [-0.2, 0) is 59.7 Å². The van der Waals surface area contributed by atoms with Crippen molar-refractivity contribution in [1.29, 1.82) is 0 Å². The average Bonchev–Trinajstić information content (AvgIpc) is 1.66. The summed E-state index contributed by atoms with van der Waals surface area (Å²) in [5, 5.41) is 13.0. The fraction of sp³-hybridized carbons (Fsp3) is 0.358. The number of azo groups is 1. The van der Waals surface area contributed by atoms with Crippen molar-refractivity contribution in [2.75, 3.05) is 0 Å². The molecule has 0 fully saturated rings. The Bertz CT molecular complexity index is 5410. The number of H-pyrrole nitrogens is 2. The van der Waals surface area contributed by atoms with Gasteiger partial charge in [-0.15, -0.1) is 11.3 Å². The lowest BCUT2D eigenvalue weighted by Crippen LogP contribution is -2.12. The van der Waals surface area contributed by atoms with E-state index < -0.39 is 9.84 Å². The van der Waals surface area contributed by atoms with Crippen molar-refractivity contribution in [2.24, 2.45) is 10.2 Å². The molecule has 0 spiro atoms. The molecule has 0 saturated carbocycles. The molecule has 0 atom stereocenters. The number of aromatic nitrogens is 9. The second-order valence-corrected chi connectivity index (χ2v) is 39.6. The van der Waals surface area contributed by atoms with Crippen LogP contribution in [0.25, 0.3) is 71.2 Å². The van der Waals surface area contributed by atoms with Crippen molar-refractivity contribution < 1.29 is 8.42 Å². The normalized spacial score (nSPS) is 13.2. The monoisotopic (exact) mass is 1510 g/mol. The van der Waals surface area contributed by atoms with Crippen LogP contribution >= 0.6 is 11.3 Å². The van der Waals surface area contributed by atoms with E-state index in [1.54, 1.807) is 42.2 Å². The lowest BCUT2D eigenvalue weighted by molar-refractivity contribution is 0.554. The van der Waals surface area contributed by atoms with Crippen LogP contribution in [0.3, 0.4) is 0 Å². The summed E-state index contributed by atoms with van der Waals surface area (Å²) < 4.78 is 24.6. The third kappa shape index (κ3) is 22.8. The van der Waals surface area contributed by atoms with Crippen molar-refractivity contribution in [3.05, 3.63) is 273 Å². The summed E-state index contributed by atoms with van der Waals surface area (Å²) in [6, 6.07) is 60.5. The Morgan fingerprint density at radius 1 is 0.382 bits per heavy atom. The zero-order valence-corrected chi connectivity index (χ0v) is 71.3. The van der Waals surface area contributed by atoms with Crippen LogP contribution in [0.5, 0.6) is 0 Å². The standard InChI is InChI=1S/2C13H15N.C12H14N2.C12H15NS.C12H14O2S.3C11H14N2/c1-13(2,3)11-6-7-12-10(9-11)5-4-8-14-12;1-13(2,3)11-8-10-6-4-5-7-12(10)14-9-11;1-12(2,3)9-4-5-10-11(8-9)14-7-6-13-10;1-8-13-10-7-9(12(2,3)4)5-6-11(10)14-8;1-12(2,3)10-5-4-9-6-7-15(13,14)11(9)8-10;1-11(2,3)9-5-4-8-7-12-13-10(8)6-9;1-11(2,3)8-4-5-9-10(6-8)13-7-12-9;1-11(2,3)10-12-8-6-4-5-7-9(8)13-10/h2*4-9H,1-3H3;4-8H,1-3H3;5-7H,1-4H3;4-8H,1-3H3;4-6H,7H2,1-3H3;2*4-7H,1-3H3,(H,12,13). The predicted octanol–water partition coefficient (Wildman–Crippen LogP) is 25.9. The van der Waals surface area contributed by atoms with Crippen LogP contribution < -0.4 is 0 Å². The summed E-state index contributed by atoms with van der Waals surface area (Å²) in [5.74, 6) is 1.05. The molecule has 110 heavy (non-hydrogen) atoms. The molecule has 0 radical (unpaired) electrons. The number of aromatic amines is 2. The highest BCUT2D eigenvalue weighted by atomic mass is 32.2. The Morgan fingerprint density at radius 3 is 1.48 bits per heavy atom. The van der Waals surface area contributed by atoms with Gasteiger partial charge in [-0.05, 0) is 186 Å². The number of rotatable bonds is 0. The molecule has 16 rings (SSSR count). The van der Waals surface area contributed by atoms with Gasteiger partial charge in [0.25, 0.3) is 0 Å². The van der Waals surface area contributed by atoms with Gasteiger partial charge in [0, 0.05) is 51.9 Å². The fourth-order valence-corrected chi connectivity index (χ4v) is 13.8. The zero-order valence-electron chi connectivity index (χ0n) is 69.6. The summed E-state index contributed by atoms with van der Waals surface area (Å²) in [6.07, 6.45) is 10.6. The molecule has 0 aliphatic carbocycles. The molecule has 0 saturated heterocycles. The minimum absolute atomic E-state index is 0.0207.